The summed E-state index contributed by atoms with van der Waals surface area (Å²) in [6, 6.07) is 0. The number of hydrogen-bond donors (Lipinski definition) is 1. The molecule has 1 aliphatic carbocycles. The van der Waals surface area contributed by atoms with Gasteiger partial charge >= 0.3 is 0 Å². The second kappa shape index (κ2) is 7.07. The van der Waals surface area contributed by atoms with Gasteiger partial charge in [0.1, 0.15) is 6.79 Å². The number of hydrogen-bond acceptors (Lipinski definition) is 2. The standard InChI is InChI=1S/C10H21N.CH2O/c1-3-10(9-11-2)7-5-4-6-8-10;1-2/h11H,3-9H2,1-2H3;1H2. The van der Waals surface area contributed by atoms with Crippen LogP contribution in [0.25, 0.3) is 0 Å². The Labute approximate surface area is 82.1 Å². The average molecular weight is 185 g/mol. The van der Waals surface area contributed by atoms with E-state index in [-0.39, 0.29) is 0 Å². The Morgan fingerprint density at radius 1 is 1.23 bits per heavy atom. The molecule has 0 aliphatic heterocycles. The minimum absolute atomic E-state index is 0.660. The zero-order valence-electron chi connectivity index (χ0n) is 9.07. The third kappa shape index (κ3) is 3.90. The zero-order chi connectivity index (χ0) is 10.2. The molecule has 0 aromatic rings. The maximum absolute atomic E-state index is 8.00. The first-order chi connectivity index (χ1) is 6.33. The van der Waals surface area contributed by atoms with Crippen molar-refractivity contribution in [1.29, 1.82) is 0 Å². The molecule has 0 bridgehead atoms. The first-order valence-corrected chi connectivity index (χ1v) is 5.26. The molecule has 1 fully saturated rings. The highest BCUT2D eigenvalue weighted by molar-refractivity contribution is 5.10. The molecule has 0 heterocycles. The summed E-state index contributed by atoms with van der Waals surface area (Å²) in [7, 11) is 2.08. The van der Waals surface area contributed by atoms with Crippen molar-refractivity contribution in [2.45, 2.75) is 45.4 Å². The van der Waals surface area contributed by atoms with Crippen molar-refractivity contribution < 1.29 is 4.79 Å². The SMILES string of the molecule is C=O.CCC1(CNC)CCCCC1. The molecular weight excluding hydrogens is 162 g/mol. The molecule has 13 heavy (non-hydrogen) atoms. The summed E-state index contributed by atoms with van der Waals surface area (Å²) in [6.45, 7) is 5.56. The highest BCUT2D eigenvalue weighted by atomic mass is 16.1. The van der Waals surface area contributed by atoms with Crippen LogP contribution < -0.4 is 5.32 Å². The van der Waals surface area contributed by atoms with Crippen molar-refractivity contribution in [3.05, 3.63) is 0 Å². The van der Waals surface area contributed by atoms with Crippen LogP contribution in [0.3, 0.4) is 0 Å². The van der Waals surface area contributed by atoms with Crippen LogP contribution in [0.1, 0.15) is 45.4 Å². The molecule has 0 aromatic heterocycles. The lowest BCUT2D eigenvalue weighted by atomic mass is 9.72. The van der Waals surface area contributed by atoms with E-state index in [1.54, 1.807) is 0 Å². The number of rotatable bonds is 3. The van der Waals surface area contributed by atoms with Gasteiger partial charge in [0, 0.05) is 6.54 Å². The van der Waals surface area contributed by atoms with Crippen molar-refractivity contribution in [2.24, 2.45) is 5.41 Å². The molecule has 0 aromatic carbocycles. The van der Waals surface area contributed by atoms with E-state index in [1.165, 1.54) is 45.1 Å². The Morgan fingerprint density at radius 3 is 2.15 bits per heavy atom. The fourth-order valence-electron chi connectivity index (χ4n) is 2.33. The van der Waals surface area contributed by atoms with Gasteiger partial charge in [0.25, 0.3) is 0 Å². The molecular formula is C11H23NO. The minimum atomic E-state index is 0.660. The topological polar surface area (TPSA) is 29.1 Å². The van der Waals surface area contributed by atoms with Crippen molar-refractivity contribution in [1.82, 2.24) is 5.32 Å². The van der Waals surface area contributed by atoms with Crippen molar-refractivity contribution in [2.75, 3.05) is 13.6 Å². The van der Waals surface area contributed by atoms with Crippen LogP contribution >= 0.6 is 0 Å². The summed E-state index contributed by atoms with van der Waals surface area (Å²) >= 11 is 0. The molecule has 1 saturated carbocycles. The van der Waals surface area contributed by atoms with E-state index in [0.717, 1.165) is 0 Å². The van der Waals surface area contributed by atoms with E-state index >= 15 is 0 Å². The fourth-order valence-corrected chi connectivity index (χ4v) is 2.33. The van der Waals surface area contributed by atoms with Gasteiger partial charge in [-0.2, -0.15) is 0 Å². The smallest absolute Gasteiger partial charge is 0.106 e. The zero-order valence-corrected chi connectivity index (χ0v) is 9.07. The summed E-state index contributed by atoms with van der Waals surface area (Å²) in [6.07, 6.45) is 8.62. The molecule has 0 atom stereocenters. The van der Waals surface area contributed by atoms with Crippen LogP contribution in [-0.2, 0) is 4.79 Å². The predicted octanol–water partition coefficient (Wildman–Crippen LogP) is 2.38. The lowest BCUT2D eigenvalue weighted by Crippen LogP contribution is -2.33. The number of carbonyl (C=O) groups is 1. The Kier molecular flexibility index (Phi) is 6.87. The minimum Gasteiger partial charge on any atom is -0.319 e. The normalized spacial score (nSPS) is 20.2. The van der Waals surface area contributed by atoms with Gasteiger partial charge in [-0.1, -0.05) is 26.2 Å². The van der Waals surface area contributed by atoms with E-state index in [2.05, 4.69) is 19.3 Å². The van der Waals surface area contributed by atoms with Gasteiger partial charge in [-0.3, -0.25) is 0 Å². The molecule has 0 saturated heterocycles. The largest absolute Gasteiger partial charge is 0.319 e. The van der Waals surface area contributed by atoms with Crippen LogP contribution in [0.2, 0.25) is 0 Å². The van der Waals surface area contributed by atoms with E-state index in [9.17, 15) is 0 Å². The predicted molar refractivity (Wildman–Crippen MR) is 56.9 cm³/mol. The third-order valence-corrected chi connectivity index (χ3v) is 3.22. The second-order valence-electron chi connectivity index (χ2n) is 3.94. The number of carbonyl (C=O) groups excluding carboxylic acids is 1. The maximum Gasteiger partial charge on any atom is 0.106 e. The monoisotopic (exact) mass is 185 g/mol. The first kappa shape index (κ1) is 12.6. The van der Waals surface area contributed by atoms with E-state index in [0.29, 0.717) is 5.41 Å². The average Bonchev–Trinajstić information content (AvgIpc) is 2.23. The summed E-state index contributed by atoms with van der Waals surface area (Å²) in [5.41, 5.74) is 0.660. The van der Waals surface area contributed by atoms with Crippen molar-refractivity contribution in [3.8, 4) is 0 Å². The van der Waals surface area contributed by atoms with Gasteiger partial charge in [0.05, 0.1) is 0 Å². The lowest BCUT2D eigenvalue weighted by molar-refractivity contribution is -0.0979. The molecule has 1 aliphatic rings. The fraction of sp³-hybridized carbons (Fsp3) is 0.909. The lowest BCUT2D eigenvalue weighted by Gasteiger charge is -2.36. The Hall–Kier alpha value is -0.370. The van der Waals surface area contributed by atoms with E-state index < -0.39 is 0 Å². The summed E-state index contributed by atoms with van der Waals surface area (Å²) < 4.78 is 0. The van der Waals surface area contributed by atoms with Crippen LogP contribution in [-0.4, -0.2) is 20.4 Å². The van der Waals surface area contributed by atoms with Crippen LogP contribution in [0.4, 0.5) is 0 Å². The van der Waals surface area contributed by atoms with Gasteiger partial charge in [-0.15, -0.1) is 0 Å². The summed E-state index contributed by atoms with van der Waals surface area (Å²) in [5.74, 6) is 0. The van der Waals surface area contributed by atoms with Crippen molar-refractivity contribution >= 4 is 6.79 Å². The quantitative estimate of drug-likeness (QED) is 0.731. The molecule has 0 unspecified atom stereocenters. The molecule has 0 radical (unpaired) electrons. The molecule has 78 valence electrons. The van der Waals surface area contributed by atoms with Gasteiger partial charge in [0.2, 0.25) is 0 Å². The van der Waals surface area contributed by atoms with Gasteiger partial charge in [0.15, 0.2) is 0 Å². The molecule has 1 N–H and O–H groups in total. The van der Waals surface area contributed by atoms with E-state index in [1.807, 2.05) is 6.79 Å². The molecule has 1 rings (SSSR count). The first-order valence-electron chi connectivity index (χ1n) is 5.26. The van der Waals surface area contributed by atoms with Crippen LogP contribution in [0.5, 0.6) is 0 Å². The second-order valence-corrected chi connectivity index (χ2v) is 3.94. The molecule has 2 heteroatoms. The third-order valence-electron chi connectivity index (χ3n) is 3.22. The van der Waals surface area contributed by atoms with Gasteiger partial charge in [-0.05, 0) is 31.7 Å². The summed E-state index contributed by atoms with van der Waals surface area (Å²) in [5, 5.41) is 3.33. The number of nitrogens with one attached hydrogen (secondary N) is 1. The van der Waals surface area contributed by atoms with Crippen LogP contribution in [0.15, 0.2) is 0 Å². The highest BCUT2D eigenvalue weighted by Gasteiger charge is 2.28. The highest BCUT2D eigenvalue weighted by Crippen LogP contribution is 2.38. The van der Waals surface area contributed by atoms with E-state index in [4.69, 9.17) is 4.79 Å². The van der Waals surface area contributed by atoms with Gasteiger partial charge in [-0.25, -0.2) is 0 Å². The maximum atomic E-state index is 8.00. The van der Waals surface area contributed by atoms with Gasteiger partial charge < -0.3 is 10.1 Å². The van der Waals surface area contributed by atoms with Crippen LogP contribution in [0, 0.1) is 5.41 Å². The summed E-state index contributed by atoms with van der Waals surface area (Å²) in [4.78, 5) is 8.00. The molecule has 0 amide bonds. The molecule has 2 nitrogen and oxygen atoms in total. The Morgan fingerprint density at radius 2 is 1.77 bits per heavy atom. The molecule has 0 spiro atoms. The Balaban J connectivity index is 0.000000671. The van der Waals surface area contributed by atoms with Crippen molar-refractivity contribution in [3.63, 3.8) is 0 Å². The Bertz CT molecular complexity index is 114.